The maximum Gasteiger partial charge on any atom is 0.232 e. The van der Waals surface area contributed by atoms with Crippen molar-refractivity contribution in [2.45, 2.75) is 12.3 Å². The van der Waals surface area contributed by atoms with Crippen LogP contribution in [0.5, 0.6) is 0 Å². The summed E-state index contributed by atoms with van der Waals surface area (Å²) in [5.41, 5.74) is 2.81. The van der Waals surface area contributed by atoms with Crippen molar-refractivity contribution >= 4 is 33.6 Å². The lowest BCUT2D eigenvalue weighted by Crippen LogP contribution is -2.28. The second-order valence-electron chi connectivity index (χ2n) is 5.15. The summed E-state index contributed by atoms with van der Waals surface area (Å²) in [7, 11) is 1.82. The molecule has 23 heavy (non-hydrogen) atoms. The van der Waals surface area contributed by atoms with Crippen molar-refractivity contribution in [3.05, 3.63) is 69.7 Å². The Bertz CT molecular complexity index is 727. The lowest BCUT2D eigenvalue weighted by molar-refractivity contribution is -0.127. The van der Waals surface area contributed by atoms with E-state index >= 15 is 0 Å². The summed E-state index contributed by atoms with van der Waals surface area (Å²) in [4.78, 5) is 13.9. The van der Waals surface area contributed by atoms with Crippen LogP contribution in [0.15, 0.2) is 53.0 Å². The topological polar surface area (TPSA) is 44.1 Å². The minimum atomic E-state index is 0.0993. The minimum absolute atomic E-state index is 0.0993. The SMILES string of the molecule is CN(Cc1ccccc1Br)C(=O)CSCc1cccc(C#N)c1. The van der Waals surface area contributed by atoms with Gasteiger partial charge in [-0.15, -0.1) is 11.8 Å². The van der Waals surface area contributed by atoms with E-state index in [0.29, 0.717) is 17.9 Å². The largest absolute Gasteiger partial charge is 0.341 e. The summed E-state index contributed by atoms with van der Waals surface area (Å²) < 4.78 is 1.01. The average molecular weight is 389 g/mol. The molecule has 0 unspecified atom stereocenters. The van der Waals surface area contributed by atoms with Gasteiger partial charge >= 0.3 is 0 Å². The van der Waals surface area contributed by atoms with Crippen molar-refractivity contribution in [3.63, 3.8) is 0 Å². The number of nitrogens with zero attached hydrogens (tertiary/aromatic N) is 2. The van der Waals surface area contributed by atoms with Gasteiger partial charge in [-0.1, -0.05) is 46.3 Å². The maximum atomic E-state index is 12.2. The second kappa shape index (κ2) is 8.76. The number of carbonyl (C=O) groups excluding carboxylic acids is 1. The minimum Gasteiger partial charge on any atom is -0.341 e. The Morgan fingerprint density at radius 3 is 2.78 bits per heavy atom. The van der Waals surface area contributed by atoms with Gasteiger partial charge in [0.25, 0.3) is 0 Å². The summed E-state index contributed by atoms with van der Waals surface area (Å²) in [5.74, 6) is 1.25. The molecule has 0 aromatic heterocycles. The number of amides is 1. The summed E-state index contributed by atoms with van der Waals surface area (Å²) in [6.45, 7) is 0.588. The standard InChI is InChI=1S/C18H17BrN2OS/c1-21(11-16-7-2-3-8-17(16)19)18(22)13-23-12-15-6-4-5-14(9-15)10-20/h2-9H,11-13H2,1H3. The van der Waals surface area contributed by atoms with Crippen LogP contribution in [0.1, 0.15) is 16.7 Å². The van der Waals surface area contributed by atoms with Gasteiger partial charge in [0.05, 0.1) is 17.4 Å². The van der Waals surface area contributed by atoms with Crippen LogP contribution in [0.2, 0.25) is 0 Å². The lowest BCUT2D eigenvalue weighted by Gasteiger charge is -2.18. The molecule has 0 aliphatic heterocycles. The summed E-state index contributed by atoms with van der Waals surface area (Å²) in [5, 5.41) is 8.89. The van der Waals surface area contributed by atoms with Gasteiger partial charge in [-0.05, 0) is 29.3 Å². The van der Waals surface area contributed by atoms with Crippen LogP contribution in [0, 0.1) is 11.3 Å². The first-order valence-corrected chi connectivity index (χ1v) is 9.09. The highest BCUT2D eigenvalue weighted by Gasteiger charge is 2.11. The van der Waals surface area contributed by atoms with Gasteiger partial charge in [0.2, 0.25) is 5.91 Å². The van der Waals surface area contributed by atoms with Crippen LogP contribution < -0.4 is 0 Å². The Morgan fingerprint density at radius 1 is 1.26 bits per heavy atom. The van der Waals surface area contributed by atoms with E-state index in [0.717, 1.165) is 21.4 Å². The highest BCUT2D eigenvalue weighted by molar-refractivity contribution is 9.10. The first-order chi connectivity index (χ1) is 11.1. The van der Waals surface area contributed by atoms with Gasteiger partial charge in [0.1, 0.15) is 0 Å². The Morgan fingerprint density at radius 2 is 2.04 bits per heavy atom. The molecule has 0 spiro atoms. The third kappa shape index (κ3) is 5.42. The highest BCUT2D eigenvalue weighted by atomic mass is 79.9. The zero-order valence-corrected chi connectivity index (χ0v) is 15.2. The predicted octanol–water partition coefficient (Wildman–Crippen LogP) is 4.21. The molecule has 1 amide bonds. The Kier molecular flexibility index (Phi) is 6.69. The van der Waals surface area contributed by atoms with Gasteiger partial charge in [0.15, 0.2) is 0 Å². The smallest absolute Gasteiger partial charge is 0.232 e. The number of thioether (sulfide) groups is 1. The van der Waals surface area contributed by atoms with E-state index in [1.165, 1.54) is 0 Å². The quantitative estimate of drug-likeness (QED) is 0.743. The van der Waals surface area contributed by atoms with E-state index in [1.807, 2.05) is 49.5 Å². The summed E-state index contributed by atoms with van der Waals surface area (Å²) in [6.07, 6.45) is 0. The molecular formula is C18H17BrN2OS. The van der Waals surface area contributed by atoms with Crippen molar-refractivity contribution in [3.8, 4) is 6.07 Å². The van der Waals surface area contributed by atoms with Crippen LogP contribution in [0.3, 0.4) is 0 Å². The van der Waals surface area contributed by atoms with Gasteiger partial charge < -0.3 is 4.90 Å². The fourth-order valence-corrected chi connectivity index (χ4v) is 3.39. The predicted molar refractivity (Wildman–Crippen MR) is 97.9 cm³/mol. The fourth-order valence-electron chi connectivity index (χ4n) is 2.07. The number of hydrogen-bond acceptors (Lipinski definition) is 3. The Labute approximate surface area is 149 Å². The molecule has 0 N–H and O–H groups in total. The maximum absolute atomic E-state index is 12.2. The molecule has 0 bridgehead atoms. The number of hydrogen-bond donors (Lipinski definition) is 0. The number of rotatable bonds is 6. The summed E-state index contributed by atoms with van der Waals surface area (Å²) >= 11 is 5.07. The third-order valence-corrected chi connectivity index (χ3v) is 5.10. The fraction of sp³-hybridized carbons (Fsp3) is 0.222. The lowest BCUT2D eigenvalue weighted by atomic mass is 10.2. The molecule has 0 fully saturated rings. The average Bonchev–Trinajstić information content (AvgIpc) is 2.57. The molecule has 3 nitrogen and oxygen atoms in total. The Balaban J connectivity index is 1.82. The molecule has 2 aromatic rings. The number of halogens is 1. The third-order valence-electron chi connectivity index (χ3n) is 3.34. The first kappa shape index (κ1) is 17.6. The monoisotopic (exact) mass is 388 g/mol. The molecule has 0 heterocycles. The van der Waals surface area contributed by atoms with Crippen molar-refractivity contribution in [1.29, 1.82) is 5.26 Å². The molecule has 0 aliphatic carbocycles. The van der Waals surface area contributed by atoms with E-state index in [4.69, 9.17) is 5.26 Å². The van der Waals surface area contributed by atoms with Crippen molar-refractivity contribution in [1.82, 2.24) is 4.90 Å². The molecule has 0 saturated carbocycles. The van der Waals surface area contributed by atoms with E-state index in [-0.39, 0.29) is 5.91 Å². The molecule has 2 rings (SSSR count). The van der Waals surface area contributed by atoms with Gasteiger partial charge in [-0.3, -0.25) is 4.79 Å². The zero-order valence-electron chi connectivity index (χ0n) is 12.8. The number of nitriles is 1. The highest BCUT2D eigenvalue weighted by Crippen LogP contribution is 2.18. The van der Waals surface area contributed by atoms with Crippen LogP contribution >= 0.6 is 27.7 Å². The van der Waals surface area contributed by atoms with Crippen molar-refractivity contribution < 1.29 is 4.79 Å². The number of benzene rings is 2. The molecule has 5 heteroatoms. The van der Waals surface area contributed by atoms with Crippen molar-refractivity contribution in [2.75, 3.05) is 12.8 Å². The van der Waals surface area contributed by atoms with Crippen LogP contribution in [-0.4, -0.2) is 23.6 Å². The first-order valence-electron chi connectivity index (χ1n) is 7.14. The zero-order chi connectivity index (χ0) is 16.7. The molecular weight excluding hydrogens is 372 g/mol. The van der Waals surface area contributed by atoms with Crippen molar-refractivity contribution in [2.24, 2.45) is 0 Å². The molecule has 0 atom stereocenters. The van der Waals surface area contributed by atoms with Crippen LogP contribution in [0.25, 0.3) is 0 Å². The Hall–Kier alpha value is -1.77. The van der Waals surface area contributed by atoms with E-state index < -0.39 is 0 Å². The van der Waals surface area contributed by atoms with Gasteiger partial charge in [-0.2, -0.15) is 5.26 Å². The molecule has 0 aliphatic rings. The normalized spacial score (nSPS) is 10.1. The molecule has 0 saturated heterocycles. The van der Waals surface area contributed by atoms with E-state index in [1.54, 1.807) is 22.7 Å². The van der Waals surface area contributed by atoms with Gasteiger partial charge in [-0.25, -0.2) is 0 Å². The molecule has 2 aromatic carbocycles. The van der Waals surface area contributed by atoms with Gasteiger partial charge in [0, 0.05) is 23.8 Å². The molecule has 118 valence electrons. The van der Waals surface area contributed by atoms with E-state index in [9.17, 15) is 4.79 Å². The van der Waals surface area contributed by atoms with Crippen LogP contribution in [0.4, 0.5) is 0 Å². The van der Waals surface area contributed by atoms with E-state index in [2.05, 4.69) is 22.0 Å². The molecule has 0 radical (unpaired) electrons. The number of carbonyl (C=O) groups is 1. The second-order valence-corrected chi connectivity index (χ2v) is 6.99. The van der Waals surface area contributed by atoms with Crippen LogP contribution in [-0.2, 0) is 17.1 Å². The summed E-state index contributed by atoms with van der Waals surface area (Å²) in [6, 6.07) is 17.5.